The molecule has 0 radical (unpaired) electrons. The van der Waals surface area contributed by atoms with Gasteiger partial charge in [0.25, 0.3) is 0 Å². The second kappa shape index (κ2) is 27.7. The molecular formula is C37H69N. The summed E-state index contributed by atoms with van der Waals surface area (Å²) in [5.74, 6) is 0. The number of aromatic nitrogens is 1. The highest BCUT2D eigenvalue weighted by atomic mass is 14.7. The molecule has 0 amide bonds. The molecule has 222 valence electrons. The van der Waals surface area contributed by atoms with Gasteiger partial charge in [-0.05, 0) is 56.2 Å². The summed E-state index contributed by atoms with van der Waals surface area (Å²) in [5.41, 5.74) is 4.30. The quantitative estimate of drug-likeness (QED) is 0.0944. The molecule has 0 spiro atoms. The lowest BCUT2D eigenvalue weighted by molar-refractivity contribution is 0.542. The van der Waals surface area contributed by atoms with Crippen LogP contribution in [0.1, 0.15) is 205 Å². The SMILES string of the molecule is CCCCCCCCCCCCCCc1cc(CCCC)cc(CCCCCCCCCCCCCC)n1. The van der Waals surface area contributed by atoms with Crippen LogP contribution in [-0.4, -0.2) is 4.98 Å². The summed E-state index contributed by atoms with van der Waals surface area (Å²) in [6.07, 6.45) is 40.3. The number of pyridine rings is 1. The third-order valence-electron chi connectivity index (χ3n) is 8.38. The van der Waals surface area contributed by atoms with Gasteiger partial charge in [-0.25, -0.2) is 0 Å². The van der Waals surface area contributed by atoms with Gasteiger partial charge in [0.05, 0.1) is 0 Å². The van der Waals surface area contributed by atoms with Crippen LogP contribution in [0.25, 0.3) is 0 Å². The molecule has 1 heterocycles. The fourth-order valence-corrected chi connectivity index (χ4v) is 5.79. The van der Waals surface area contributed by atoms with E-state index in [2.05, 4.69) is 32.9 Å². The van der Waals surface area contributed by atoms with Crippen molar-refractivity contribution >= 4 is 0 Å². The zero-order valence-corrected chi connectivity index (χ0v) is 26.6. The van der Waals surface area contributed by atoms with Gasteiger partial charge in [0, 0.05) is 11.4 Å². The third kappa shape index (κ3) is 22.0. The number of unbranched alkanes of at least 4 members (excludes halogenated alkanes) is 23. The Kier molecular flexibility index (Phi) is 25.6. The molecule has 0 N–H and O–H groups in total. The van der Waals surface area contributed by atoms with E-state index in [9.17, 15) is 0 Å². The highest BCUT2D eigenvalue weighted by Gasteiger charge is 2.05. The molecule has 0 aliphatic heterocycles. The Balaban J connectivity index is 2.17. The maximum atomic E-state index is 5.12. The van der Waals surface area contributed by atoms with Crippen LogP contribution in [0.4, 0.5) is 0 Å². The van der Waals surface area contributed by atoms with Crippen LogP contribution in [0.3, 0.4) is 0 Å². The van der Waals surface area contributed by atoms with E-state index in [1.54, 1.807) is 5.56 Å². The molecule has 0 saturated carbocycles. The molecule has 0 saturated heterocycles. The largest absolute Gasteiger partial charge is 0.258 e. The number of aryl methyl sites for hydroxylation is 3. The van der Waals surface area contributed by atoms with Crippen molar-refractivity contribution in [2.75, 3.05) is 0 Å². The van der Waals surface area contributed by atoms with Crippen molar-refractivity contribution in [3.05, 3.63) is 29.1 Å². The Morgan fingerprint density at radius 1 is 0.342 bits per heavy atom. The van der Waals surface area contributed by atoms with Gasteiger partial charge in [0.2, 0.25) is 0 Å². The maximum absolute atomic E-state index is 5.12. The molecule has 0 atom stereocenters. The van der Waals surface area contributed by atoms with Gasteiger partial charge in [0.1, 0.15) is 0 Å². The van der Waals surface area contributed by atoms with Crippen LogP contribution in [0, 0.1) is 0 Å². The van der Waals surface area contributed by atoms with E-state index in [4.69, 9.17) is 4.98 Å². The predicted octanol–water partition coefficient (Wildman–Crippen LogP) is 12.9. The van der Waals surface area contributed by atoms with Crippen molar-refractivity contribution in [3.8, 4) is 0 Å². The fourth-order valence-electron chi connectivity index (χ4n) is 5.79. The lowest BCUT2D eigenvalue weighted by atomic mass is 10.0. The summed E-state index contributed by atoms with van der Waals surface area (Å²) < 4.78 is 0. The van der Waals surface area contributed by atoms with Gasteiger partial charge < -0.3 is 0 Å². The van der Waals surface area contributed by atoms with Crippen molar-refractivity contribution in [1.29, 1.82) is 0 Å². The number of hydrogen-bond donors (Lipinski definition) is 0. The van der Waals surface area contributed by atoms with E-state index in [1.165, 1.54) is 198 Å². The van der Waals surface area contributed by atoms with Gasteiger partial charge >= 0.3 is 0 Å². The van der Waals surface area contributed by atoms with E-state index in [-0.39, 0.29) is 0 Å². The fraction of sp³-hybridized carbons (Fsp3) is 0.865. The van der Waals surface area contributed by atoms with E-state index in [1.807, 2.05) is 0 Å². The average Bonchev–Trinajstić information content (AvgIpc) is 2.93. The minimum Gasteiger partial charge on any atom is -0.258 e. The van der Waals surface area contributed by atoms with Gasteiger partial charge in [-0.3, -0.25) is 4.98 Å². The lowest BCUT2D eigenvalue weighted by Crippen LogP contribution is -2.00. The molecule has 0 unspecified atom stereocenters. The van der Waals surface area contributed by atoms with Crippen LogP contribution in [-0.2, 0) is 19.3 Å². The first-order valence-corrected chi connectivity index (χ1v) is 17.8. The Morgan fingerprint density at radius 2 is 0.632 bits per heavy atom. The third-order valence-corrected chi connectivity index (χ3v) is 8.38. The van der Waals surface area contributed by atoms with Gasteiger partial charge in [-0.2, -0.15) is 0 Å². The predicted molar refractivity (Wildman–Crippen MR) is 172 cm³/mol. The zero-order valence-electron chi connectivity index (χ0n) is 26.6. The Bertz CT molecular complexity index is 560. The van der Waals surface area contributed by atoms with Crippen molar-refractivity contribution < 1.29 is 0 Å². The number of nitrogens with zero attached hydrogens (tertiary/aromatic N) is 1. The molecule has 1 heteroatoms. The first kappa shape index (κ1) is 35.2. The number of hydrogen-bond acceptors (Lipinski definition) is 1. The van der Waals surface area contributed by atoms with Crippen LogP contribution in [0.15, 0.2) is 12.1 Å². The van der Waals surface area contributed by atoms with Gasteiger partial charge in [0.15, 0.2) is 0 Å². The first-order chi connectivity index (χ1) is 18.8. The lowest BCUT2D eigenvalue weighted by Gasteiger charge is -2.10. The standard InChI is InChI=1S/C37H69N/c1-4-7-10-12-14-16-18-20-22-24-26-28-31-36-33-35(30-9-6-3)34-37(38-36)32-29-27-25-23-21-19-17-15-13-11-8-5-2/h33-34H,4-32H2,1-3H3. The smallest absolute Gasteiger partial charge is 0.0409 e. The van der Waals surface area contributed by atoms with Crippen molar-refractivity contribution in [1.82, 2.24) is 4.98 Å². The van der Waals surface area contributed by atoms with Crippen molar-refractivity contribution in [2.24, 2.45) is 0 Å². The van der Waals surface area contributed by atoms with Gasteiger partial charge in [-0.15, -0.1) is 0 Å². The Hall–Kier alpha value is -0.850. The number of rotatable bonds is 29. The van der Waals surface area contributed by atoms with E-state index >= 15 is 0 Å². The second-order valence-electron chi connectivity index (χ2n) is 12.3. The Morgan fingerprint density at radius 3 is 0.947 bits per heavy atom. The highest BCUT2D eigenvalue weighted by molar-refractivity contribution is 5.22. The normalized spacial score (nSPS) is 11.4. The monoisotopic (exact) mass is 528 g/mol. The van der Waals surface area contributed by atoms with Crippen LogP contribution in [0.2, 0.25) is 0 Å². The summed E-state index contributed by atoms with van der Waals surface area (Å²) in [7, 11) is 0. The van der Waals surface area contributed by atoms with Crippen LogP contribution < -0.4 is 0 Å². The maximum Gasteiger partial charge on any atom is 0.0409 e. The van der Waals surface area contributed by atoms with E-state index < -0.39 is 0 Å². The van der Waals surface area contributed by atoms with Crippen LogP contribution >= 0.6 is 0 Å². The topological polar surface area (TPSA) is 12.9 Å². The Labute approximate surface area is 240 Å². The second-order valence-corrected chi connectivity index (χ2v) is 12.3. The van der Waals surface area contributed by atoms with E-state index in [0.717, 1.165) is 0 Å². The summed E-state index contributed by atoms with van der Waals surface area (Å²) in [4.78, 5) is 5.12. The molecule has 1 aromatic rings. The summed E-state index contributed by atoms with van der Waals surface area (Å²) >= 11 is 0. The summed E-state index contributed by atoms with van der Waals surface area (Å²) in [6, 6.07) is 4.86. The van der Waals surface area contributed by atoms with Gasteiger partial charge in [-0.1, -0.05) is 168 Å². The van der Waals surface area contributed by atoms with Crippen molar-refractivity contribution in [3.63, 3.8) is 0 Å². The van der Waals surface area contributed by atoms with E-state index in [0.29, 0.717) is 0 Å². The molecule has 0 aromatic carbocycles. The first-order valence-electron chi connectivity index (χ1n) is 17.8. The molecule has 1 nitrogen and oxygen atoms in total. The molecule has 1 aromatic heterocycles. The molecule has 0 aliphatic rings. The molecule has 0 bridgehead atoms. The molecule has 0 aliphatic carbocycles. The molecule has 38 heavy (non-hydrogen) atoms. The molecule has 1 rings (SSSR count). The van der Waals surface area contributed by atoms with Crippen molar-refractivity contribution in [2.45, 2.75) is 207 Å². The summed E-state index contributed by atoms with van der Waals surface area (Å²) in [6.45, 7) is 6.92. The average molecular weight is 528 g/mol. The molecule has 0 fully saturated rings. The molecular weight excluding hydrogens is 458 g/mol. The summed E-state index contributed by atoms with van der Waals surface area (Å²) in [5, 5.41) is 0. The minimum atomic E-state index is 1.18. The zero-order chi connectivity index (χ0) is 27.4. The van der Waals surface area contributed by atoms with Crippen LogP contribution in [0.5, 0.6) is 0 Å². The highest BCUT2D eigenvalue weighted by Crippen LogP contribution is 2.17. The minimum absolute atomic E-state index is 1.18.